The number of fused-ring (bicyclic) bond motifs is 1. The average molecular weight is 324 g/mol. The van der Waals surface area contributed by atoms with E-state index in [-0.39, 0.29) is 5.91 Å². The van der Waals surface area contributed by atoms with E-state index in [1.54, 1.807) is 17.8 Å². The molecule has 2 aromatic carbocycles. The van der Waals surface area contributed by atoms with Gasteiger partial charge in [0.15, 0.2) is 0 Å². The van der Waals surface area contributed by atoms with Gasteiger partial charge in [0, 0.05) is 29.0 Å². The third kappa shape index (κ3) is 3.66. The highest BCUT2D eigenvalue weighted by Gasteiger charge is 2.23. The van der Waals surface area contributed by atoms with Gasteiger partial charge in [-0.2, -0.15) is 0 Å². The highest BCUT2D eigenvalue weighted by molar-refractivity contribution is 8.08. The highest BCUT2D eigenvalue weighted by atomic mass is 32.2. The quantitative estimate of drug-likeness (QED) is 0.856. The SMILES string of the molecule is CN(C)CCN1C(=O)C=C(c2ccccc2)Sc2ccccc21. The number of benzene rings is 2. The zero-order chi connectivity index (χ0) is 16.2. The Morgan fingerprint density at radius 3 is 2.43 bits per heavy atom. The maximum absolute atomic E-state index is 12.8. The molecule has 1 heterocycles. The molecule has 0 spiro atoms. The largest absolute Gasteiger partial charge is 0.308 e. The van der Waals surface area contributed by atoms with Gasteiger partial charge in [0.2, 0.25) is 0 Å². The Bertz CT molecular complexity index is 725. The number of hydrogen-bond acceptors (Lipinski definition) is 3. The highest BCUT2D eigenvalue weighted by Crippen LogP contribution is 2.42. The van der Waals surface area contributed by atoms with E-state index in [0.29, 0.717) is 6.54 Å². The number of carbonyl (C=O) groups is 1. The molecule has 3 rings (SSSR count). The minimum Gasteiger partial charge on any atom is -0.308 e. The number of thioether (sulfide) groups is 1. The molecular weight excluding hydrogens is 304 g/mol. The number of rotatable bonds is 4. The van der Waals surface area contributed by atoms with Crippen LogP contribution >= 0.6 is 11.8 Å². The lowest BCUT2D eigenvalue weighted by molar-refractivity contribution is -0.114. The Hall–Kier alpha value is -2.04. The third-order valence-corrected chi connectivity index (χ3v) is 4.86. The lowest BCUT2D eigenvalue weighted by atomic mass is 10.2. The number of anilines is 1. The summed E-state index contributed by atoms with van der Waals surface area (Å²) in [7, 11) is 4.04. The maximum atomic E-state index is 12.8. The molecule has 2 aromatic rings. The van der Waals surface area contributed by atoms with Gasteiger partial charge < -0.3 is 9.80 Å². The van der Waals surface area contributed by atoms with Crippen LogP contribution in [0, 0.1) is 0 Å². The first kappa shape index (κ1) is 15.8. The van der Waals surface area contributed by atoms with Crippen LogP contribution in [-0.4, -0.2) is 38.0 Å². The van der Waals surface area contributed by atoms with Crippen molar-refractivity contribution in [2.75, 3.05) is 32.1 Å². The minimum absolute atomic E-state index is 0.0446. The standard InChI is InChI=1S/C19H20N2OS/c1-20(2)12-13-21-16-10-6-7-11-17(16)23-18(14-19(21)22)15-8-4-3-5-9-15/h3-11,14H,12-13H2,1-2H3. The summed E-state index contributed by atoms with van der Waals surface area (Å²) in [6, 6.07) is 18.2. The van der Waals surface area contributed by atoms with Crippen molar-refractivity contribution in [1.82, 2.24) is 4.90 Å². The van der Waals surface area contributed by atoms with Gasteiger partial charge in [-0.3, -0.25) is 4.79 Å². The van der Waals surface area contributed by atoms with Crippen LogP contribution in [0.2, 0.25) is 0 Å². The van der Waals surface area contributed by atoms with Crippen LogP contribution in [0.1, 0.15) is 5.56 Å². The Kier molecular flexibility index (Phi) is 4.84. The molecule has 0 aliphatic carbocycles. The van der Waals surface area contributed by atoms with Crippen LogP contribution in [0.25, 0.3) is 4.91 Å². The molecule has 1 amide bonds. The zero-order valence-corrected chi connectivity index (χ0v) is 14.2. The summed E-state index contributed by atoms with van der Waals surface area (Å²) in [6.45, 7) is 1.52. The first-order chi connectivity index (χ1) is 11.1. The van der Waals surface area contributed by atoms with Crippen LogP contribution in [0.4, 0.5) is 5.69 Å². The van der Waals surface area contributed by atoms with Crippen molar-refractivity contribution in [3.05, 3.63) is 66.2 Å². The van der Waals surface area contributed by atoms with Gasteiger partial charge in [0.1, 0.15) is 0 Å². The van der Waals surface area contributed by atoms with Gasteiger partial charge in [-0.25, -0.2) is 0 Å². The number of likely N-dealkylation sites (N-methyl/N-ethyl adjacent to an activating group) is 1. The monoisotopic (exact) mass is 324 g/mol. The fraction of sp³-hybridized carbons (Fsp3) is 0.211. The van der Waals surface area contributed by atoms with Gasteiger partial charge in [0.25, 0.3) is 5.91 Å². The Labute approximate surface area is 141 Å². The summed E-state index contributed by atoms with van der Waals surface area (Å²) in [5.41, 5.74) is 2.07. The van der Waals surface area contributed by atoms with Crippen molar-refractivity contribution < 1.29 is 4.79 Å². The molecule has 23 heavy (non-hydrogen) atoms. The van der Waals surface area contributed by atoms with E-state index in [4.69, 9.17) is 0 Å². The summed E-state index contributed by atoms with van der Waals surface area (Å²) >= 11 is 1.66. The number of carbonyl (C=O) groups excluding carboxylic acids is 1. The summed E-state index contributed by atoms with van der Waals surface area (Å²) in [6.07, 6.45) is 1.76. The predicted octanol–water partition coefficient (Wildman–Crippen LogP) is 3.73. The lowest BCUT2D eigenvalue weighted by Crippen LogP contribution is -2.35. The van der Waals surface area contributed by atoms with Crippen molar-refractivity contribution in [2.45, 2.75) is 4.90 Å². The molecule has 3 nitrogen and oxygen atoms in total. The second kappa shape index (κ2) is 7.02. The lowest BCUT2D eigenvalue weighted by Gasteiger charge is -2.23. The number of hydrogen-bond donors (Lipinski definition) is 0. The summed E-state index contributed by atoms with van der Waals surface area (Å²) < 4.78 is 0. The Morgan fingerprint density at radius 1 is 1.00 bits per heavy atom. The van der Waals surface area contributed by atoms with E-state index >= 15 is 0 Å². The summed E-state index contributed by atoms with van der Waals surface area (Å²) in [4.78, 5) is 18.9. The van der Waals surface area contributed by atoms with Crippen LogP contribution in [-0.2, 0) is 4.79 Å². The minimum atomic E-state index is 0.0446. The molecule has 0 atom stereocenters. The molecule has 118 valence electrons. The number of nitrogens with zero attached hydrogens (tertiary/aromatic N) is 2. The van der Waals surface area contributed by atoms with Crippen LogP contribution in [0.15, 0.2) is 65.6 Å². The summed E-state index contributed by atoms with van der Waals surface area (Å²) in [5, 5.41) is 0. The molecule has 1 aliphatic rings. The van der Waals surface area contributed by atoms with Crippen LogP contribution in [0.3, 0.4) is 0 Å². The van der Waals surface area contributed by atoms with Crippen molar-refractivity contribution in [3.8, 4) is 0 Å². The zero-order valence-electron chi connectivity index (χ0n) is 13.4. The van der Waals surface area contributed by atoms with Gasteiger partial charge in [-0.1, -0.05) is 54.2 Å². The topological polar surface area (TPSA) is 23.6 Å². The fourth-order valence-corrected chi connectivity index (χ4v) is 3.58. The molecule has 0 bridgehead atoms. The van der Waals surface area contributed by atoms with E-state index in [2.05, 4.69) is 11.0 Å². The molecule has 4 heteroatoms. The molecule has 1 aliphatic heterocycles. The van der Waals surface area contributed by atoms with Crippen molar-refractivity contribution in [3.63, 3.8) is 0 Å². The molecule has 0 radical (unpaired) electrons. The van der Waals surface area contributed by atoms with E-state index in [9.17, 15) is 4.79 Å². The molecule has 0 saturated heterocycles. The molecule has 0 saturated carbocycles. The normalized spacial score (nSPS) is 14.5. The maximum Gasteiger partial charge on any atom is 0.252 e. The van der Waals surface area contributed by atoms with E-state index in [1.165, 1.54) is 0 Å². The van der Waals surface area contributed by atoms with Gasteiger partial charge in [0.05, 0.1) is 5.69 Å². The third-order valence-electron chi connectivity index (χ3n) is 3.73. The van der Waals surface area contributed by atoms with Crippen LogP contribution < -0.4 is 4.90 Å². The van der Waals surface area contributed by atoms with Crippen molar-refractivity contribution in [1.29, 1.82) is 0 Å². The molecule has 0 fully saturated rings. The Morgan fingerprint density at radius 2 is 1.70 bits per heavy atom. The average Bonchev–Trinajstić information content (AvgIpc) is 2.70. The fourth-order valence-electron chi connectivity index (χ4n) is 2.50. The Balaban J connectivity index is 2.00. The first-order valence-electron chi connectivity index (χ1n) is 7.65. The molecule has 0 aromatic heterocycles. The molecule has 0 N–H and O–H groups in total. The van der Waals surface area contributed by atoms with Crippen molar-refractivity contribution >= 4 is 28.3 Å². The first-order valence-corrected chi connectivity index (χ1v) is 8.47. The van der Waals surface area contributed by atoms with E-state index in [1.807, 2.05) is 67.5 Å². The number of amides is 1. The second-order valence-electron chi connectivity index (χ2n) is 5.74. The van der Waals surface area contributed by atoms with Gasteiger partial charge in [-0.05, 0) is 31.8 Å². The van der Waals surface area contributed by atoms with Gasteiger partial charge >= 0.3 is 0 Å². The number of para-hydroxylation sites is 1. The predicted molar refractivity (Wildman–Crippen MR) is 97.6 cm³/mol. The van der Waals surface area contributed by atoms with Gasteiger partial charge in [-0.15, -0.1) is 0 Å². The molecule has 0 unspecified atom stereocenters. The smallest absolute Gasteiger partial charge is 0.252 e. The molecular formula is C19H20N2OS. The van der Waals surface area contributed by atoms with Crippen molar-refractivity contribution in [2.24, 2.45) is 0 Å². The van der Waals surface area contributed by atoms with E-state index < -0.39 is 0 Å². The van der Waals surface area contributed by atoms with E-state index in [0.717, 1.165) is 27.6 Å². The van der Waals surface area contributed by atoms with Crippen LogP contribution in [0.5, 0.6) is 0 Å². The second-order valence-corrected chi connectivity index (χ2v) is 6.82. The summed E-state index contributed by atoms with van der Waals surface area (Å²) in [5.74, 6) is 0.0446.